The van der Waals surface area contributed by atoms with Crippen molar-refractivity contribution in [2.24, 2.45) is 0 Å². The number of hydrogen-bond donors (Lipinski definition) is 3. The first kappa shape index (κ1) is 36.6. The minimum absolute atomic E-state index is 0.00342. The first-order chi connectivity index (χ1) is 24.4. The molecule has 0 aromatic heterocycles. The van der Waals surface area contributed by atoms with Crippen molar-refractivity contribution < 1.29 is 42.9 Å². The first-order valence-corrected chi connectivity index (χ1v) is 16.8. The molecule has 0 saturated heterocycles. The molecule has 3 N–H and O–H groups in total. The molecule has 3 amide bonds. The van der Waals surface area contributed by atoms with Gasteiger partial charge in [0.1, 0.15) is 30.6 Å². The molecular weight excluding hydrogens is 722 g/mol. The van der Waals surface area contributed by atoms with Crippen molar-refractivity contribution >= 4 is 46.0 Å². The smallest absolute Gasteiger partial charge is 0.453 e. The highest BCUT2D eigenvalue weighted by molar-refractivity contribution is 9.10. The van der Waals surface area contributed by atoms with Gasteiger partial charge in [-0.15, -0.1) is 0 Å². The summed E-state index contributed by atoms with van der Waals surface area (Å²) in [6.45, 7) is 4.80. The van der Waals surface area contributed by atoms with Crippen molar-refractivity contribution in [3.63, 3.8) is 0 Å². The second-order valence-electron chi connectivity index (χ2n) is 12.5. The van der Waals surface area contributed by atoms with Crippen LogP contribution < -0.4 is 20.9 Å². The molecule has 12 nitrogen and oxygen atoms in total. The summed E-state index contributed by atoms with van der Waals surface area (Å²) >= 11 is 3.39. The Hall–Kier alpha value is -5.69. The van der Waals surface area contributed by atoms with Gasteiger partial charge in [0.15, 0.2) is 0 Å². The van der Waals surface area contributed by atoms with Crippen molar-refractivity contribution in [2.45, 2.75) is 51.4 Å². The number of hydrogen-bond acceptors (Lipinski definition) is 9. The molecule has 0 aliphatic heterocycles. The third-order valence-electron chi connectivity index (χ3n) is 7.71. The SMILES string of the molecule is CC(C)(C)OC(=O)C(=O)N[C@H](Cc1ccc(OC(=O)OCc2ccccc2Br)cc1)C(=O)NNC(=O)OCC1c2ccccc2-c2ccccc21. The number of hydrazine groups is 1. The van der Waals surface area contributed by atoms with Crippen LogP contribution in [0, 0.1) is 0 Å². The van der Waals surface area contributed by atoms with E-state index >= 15 is 0 Å². The number of carbonyl (C=O) groups excluding carboxylic acids is 5. The molecule has 13 heteroatoms. The van der Waals surface area contributed by atoms with Crippen LogP contribution in [0.5, 0.6) is 5.75 Å². The van der Waals surface area contributed by atoms with E-state index in [1.54, 1.807) is 39.0 Å². The van der Waals surface area contributed by atoms with Crippen LogP contribution in [0.1, 0.15) is 48.9 Å². The molecule has 51 heavy (non-hydrogen) atoms. The zero-order valence-corrected chi connectivity index (χ0v) is 29.7. The average molecular weight is 759 g/mol. The molecule has 0 saturated carbocycles. The maximum absolute atomic E-state index is 13.3. The second kappa shape index (κ2) is 16.3. The number of amides is 3. The lowest BCUT2D eigenvalue weighted by Crippen LogP contribution is -2.54. The van der Waals surface area contributed by atoms with Gasteiger partial charge >= 0.3 is 24.1 Å². The number of benzene rings is 4. The molecule has 4 aromatic carbocycles. The van der Waals surface area contributed by atoms with E-state index < -0.39 is 41.7 Å². The van der Waals surface area contributed by atoms with Crippen molar-refractivity contribution in [1.82, 2.24) is 16.2 Å². The third-order valence-corrected chi connectivity index (χ3v) is 8.48. The van der Waals surface area contributed by atoms with E-state index in [2.05, 4.69) is 32.1 Å². The van der Waals surface area contributed by atoms with E-state index in [0.717, 1.165) is 32.3 Å². The third kappa shape index (κ3) is 9.94. The van der Waals surface area contributed by atoms with E-state index in [-0.39, 0.29) is 31.3 Å². The number of fused-ring (bicyclic) bond motifs is 3. The summed E-state index contributed by atoms with van der Waals surface area (Å²) in [5.41, 5.74) is 8.98. The maximum atomic E-state index is 13.3. The lowest BCUT2D eigenvalue weighted by molar-refractivity contribution is -0.163. The molecule has 5 rings (SSSR count). The molecule has 1 atom stereocenters. The van der Waals surface area contributed by atoms with Crippen LogP contribution in [0.4, 0.5) is 9.59 Å². The van der Waals surface area contributed by atoms with Crippen LogP contribution in [0.3, 0.4) is 0 Å². The monoisotopic (exact) mass is 757 g/mol. The number of carbonyl (C=O) groups is 5. The highest BCUT2D eigenvalue weighted by atomic mass is 79.9. The fourth-order valence-electron chi connectivity index (χ4n) is 5.39. The van der Waals surface area contributed by atoms with Gasteiger partial charge in [-0.2, -0.15) is 0 Å². The minimum Gasteiger partial charge on any atom is -0.453 e. The van der Waals surface area contributed by atoms with E-state index in [1.165, 1.54) is 12.1 Å². The van der Waals surface area contributed by atoms with Crippen LogP contribution in [0.2, 0.25) is 0 Å². The van der Waals surface area contributed by atoms with Crippen LogP contribution in [-0.4, -0.2) is 48.3 Å². The van der Waals surface area contributed by atoms with Crippen molar-refractivity contribution in [2.75, 3.05) is 6.61 Å². The summed E-state index contributed by atoms with van der Waals surface area (Å²) < 4.78 is 21.8. The number of ether oxygens (including phenoxy) is 4. The summed E-state index contributed by atoms with van der Waals surface area (Å²) in [7, 11) is 0. The van der Waals surface area contributed by atoms with E-state index in [4.69, 9.17) is 18.9 Å². The summed E-state index contributed by atoms with van der Waals surface area (Å²) in [5.74, 6) is -3.20. The Kier molecular flexibility index (Phi) is 11.7. The molecular formula is C38H36BrN3O9. The van der Waals surface area contributed by atoms with Crippen LogP contribution in [0.15, 0.2) is 102 Å². The van der Waals surface area contributed by atoms with Gasteiger partial charge in [0.2, 0.25) is 0 Å². The predicted molar refractivity (Wildman–Crippen MR) is 189 cm³/mol. The Morgan fingerprint density at radius 3 is 2.00 bits per heavy atom. The molecule has 1 aliphatic carbocycles. The average Bonchev–Trinajstić information content (AvgIpc) is 3.42. The van der Waals surface area contributed by atoms with Crippen LogP contribution in [-0.2, 0) is 41.6 Å². The summed E-state index contributed by atoms with van der Waals surface area (Å²) in [5, 5.41) is 2.37. The molecule has 4 aromatic rings. The number of halogens is 1. The molecule has 0 spiro atoms. The van der Waals surface area contributed by atoms with Gasteiger partial charge in [-0.1, -0.05) is 94.8 Å². The number of esters is 1. The van der Waals surface area contributed by atoms with Crippen LogP contribution >= 0.6 is 15.9 Å². The quantitative estimate of drug-likeness (QED) is 0.0603. The molecule has 0 fully saturated rings. The molecule has 0 unspecified atom stereocenters. The van der Waals surface area contributed by atoms with Crippen molar-refractivity contribution in [1.29, 1.82) is 0 Å². The van der Waals surface area contributed by atoms with E-state index in [9.17, 15) is 24.0 Å². The summed E-state index contributed by atoms with van der Waals surface area (Å²) in [4.78, 5) is 63.4. The molecule has 0 bridgehead atoms. The molecule has 0 heterocycles. The Labute approximate surface area is 302 Å². The molecule has 1 aliphatic rings. The minimum atomic E-state index is -1.33. The number of rotatable bonds is 9. The highest BCUT2D eigenvalue weighted by Crippen LogP contribution is 2.44. The van der Waals surface area contributed by atoms with E-state index in [0.29, 0.717) is 5.56 Å². The normalized spacial score (nSPS) is 12.4. The second-order valence-corrected chi connectivity index (χ2v) is 13.4. The standard InChI is InChI=1S/C38H36BrN3O9/c1-38(2,3)51-35(45)34(44)40-32(20-23-16-18-25(19-17-23)50-37(47)49-21-24-10-4-9-15-31(24)39)33(43)41-42-36(46)48-22-30-28-13-7-5-11-26(28)27-12-6-8-14-29(27)30/h4-19,30,32H,20-22H2,1-3H3,(H,40,44)(H,41,43)(H,42,46)/t32-/m1/s1. The fraction of sp³-hybridized carbons (Fsp3) is 0.237. The topological polar surface area (TPSA) is 158 Å². The van der Waals surface area contributed by atoms with E-state index in [1.807, 2.05) is 66.7 Å². The van der Waals surface area contributed by atoms with Gasteiger partial charge < -0.3 is 24.3 Å². The van der Waals surface area contributed by atoms with Crippen LogP contribution in [0.25, 0.3) is 11.1 Å². The lowest BCUT2D eigenvalue weighted by atomic mass is 9.98. The van der Waals surface area contributed by atoms with Crippen molar-refractivity contribution in [3.05, 3.63) is 124 Å². The van der Waals surface area contributed by atoms with Gasteiger partial charge in [0.05, 0.1) is 0 Å². The zero-order chi connectivity index (χ0) is 36.5. The maximum Gasteiger partial charge on any atom is 0.514 e. The molecule has 0 radical (unpaired) electrons. The summed E-state index contributed by atoms with van der Waals surface area (Å²) in [6.07, 6.45) is -1.95. The zero-order valence-electron chi connectivity index (χ0n) is 28.1. The van der Waals surface area contributed by atoms with Gasteiger partial charge in [-0.05, 0) is 66.8 Å². The van der Waals surface area contributed by atoms with Gasteiger partial charge in [-0.25, -0.2) is 19.8 Å². The number of nitrogens with one attached hydrogen (secondary N) is 3. The Bertz CT molecular complexity index is 1880. The Balaban J connectivity index is 1.18. The largest absolute Gasteiger partial charge is 0.514 e. The Morgan fingerprint density at radius 1 is 0.765 bits per heavy atom. The van der Waals surface area contributed by atoms with Gasteiger partial charge in [-0.3, -0.25) is 15.0 Å². The molecule has 264 valence electrons. The summed E-state index contributed by atoms with van der Waals surface area (Å²) in [6, 6.07) is 27.8. The van der Waals surface area contributed by atoms with Gasteiger partial charge in [0, 0.05) is 22.4 Å². The first-order valence-electron chi connectivity index (χ1n) is 16.0. The Morgan fingerprint density at radius 2 is 1.37 bits per heavy atom. The lowest BCUT2D eigenvalue weighted by Gasteiger charge is -2.22. The van der Waals surface area contributed by atoms with Crippen molar-refractivity contribution in [3.8, 4) is 16.9 Å². The predicted octanol–water partition coefficient (Wildman–Crippen LogP) is 6.10. The fourth-order valence-corrected chi connectivity index (χ4v) is 5.79. The van der Waals surface area contributed by atoms with Gasteiger partial charge in [0.25, 0.3) is 5.91 Å². The highest BCUT2D eigenvalue weighted by Gasteiger charge is 2.31.